The van der Waals surface area contributed by atoms with E-state index in [1.165, 1.54) is 6.21 Å². The van der Waals surface area contributed by atoms with Crippen LogP contribution in [0.5, 0.6) is 0 Å². The molecule has 2 atom stereocenters. The Kier molecular flexibility index (Phi) is 13.8. The Hall–Kier alpha value is -0.0800. The fraction of sp³-hybridized carbons (Fsp3) is 0.846. The van der Waals surface area contributed by atoms with E-state index >= 15 is 0 Å². The number of ether oxygens (including phenoxy) is 2. The molecule has 1 N–H and O–H groups in total. The molecule has 0 aliphatic heterocycles. The predicted molar refractivity (Wildman–Crippen MR) is 91.3 cm³/mol. The van der Waals surface area contributed by atoms with E-state index < -0.39 is 6.10 Å². The van der Waals surface area contributed by atoms with Gasteiger partial charge in [-0.15, -0.1) is 0 Å². The number of methoxy groups -OCH3 is 1. The van der Waals surface area contributed by atoms with Gasteiger partial charge in [0.15, 0.2) is 0 Å². The second kappa shape index (κ2) is 13.9. The van der Waals surface area contributed by atoms with Gasteiger partial charge < -0.3 is 14.6 Å². The van der Waals surface area contributed by atoms with Crippen molar-refractivity contribution in [3.63, 3.8) is 0 Å². The molecule has 0 rings (SSSR count). The van der Waals surface area contributed by atoms with Crippen molar-refractivity contribution in [3.8, 4) is 0 Å². The first-order valence-electron chi connectivity index (χ1n) is 6.72. The minimum Gasteiger partial charge on any atom is -0.385 e. The van der Waals surface area contributed by atoms with Gasteiger partial charge in [0.1, 0.15) is 6.10 Å². The van der Waals surface area contributed by atoms with Gasteiger partial charge in [-0.25, -0.2) is 0 Å². The van der Waals surface area contributed by atoms with Crippen molar-refractivity contribution >= 4 is 37.2 Å². The molecule has 7 heteroatoms. The zero-order valence-electron chi connectivity index (χ0n) is 12.2. The van der Waals surface area contributed by atoms with Crippen molar-refractivity contribution in [3.05, 3.63) is 0 Å². The molecular weight excluding hydrogens is 296 g/mol. The Bertz CT molecular complexity index is 289. The van der Waals surface area contributed by atoms with E-state index in [2.05, 4.69) is 35.2 Å². The second-order valence-corrected chi connectivity index (χ2v) is 5.03. The first-order valence-corrected chi connectivity index (χ1v) is 7.98. The highest BCUT2D eigenvalue weighted by atomic mass is 32.1. The first kappa shape index (κ1) is 19.9. The average molecular weight is 322 g/mol. The van der Waals surface area contributed by atoms with E-state index in [4.69, 9.17) is 9.47 Å². The molecular formula is C13H26N2O3S2. The van der Waals surface area contributed by atoms with Crippen LogP contribution >= 0.6 is 25.3 Å². The third kappa shape index (κ3) is 9.77. The van der Waals surface area contributed by atoms with Gasteiger partial charge in [0.25, 0.3) is 0 Å². The normalized spacial score (nSPS) is 15.8. The minimum absolute atomic E-state index is 0.295. The molecule has 118 valence electrons. The van der Waals surface area contributed by atoms with Crippen molar-refractivity contribution in [2.24, 2.45) is 9.98 Å². The topological polar surface area (TPSA) is 63.4 Å². The smallest absolute Gasteiger partial charge is 0.115 e. The van der Waals surface area contributed by atoms with Crippen molar-refractivity contribution in [1.29, 1.82) is 0 Å². The molecule has 0 aliphatic carbocycles. The van der Waals surface area contributed by atoms with Crippen LogP contribution in [0.25, 0.3) is 0 Å². The molecule has 0 saturated carbocycles. The lowest BCUT2D eigenvalue weighted by Gasteiger charge is -2.19. The summed E-state index contributed by atoms with van der Waals surface area (Å²) in [6.07, 6.45) is 1.21. The summed E-state index contributed by atoms with van der Waals surface area (Å²) in [4.78, 5) is 8.41. The van der Waals surface area contributed by atoms with E-state index in [-0.39, 0.29) is 6.10 Å². The number of aliphatic imine (C=N–C) groups is 2. The van der Waals surface area contributed by atoms with Crippen molar-refractivity contribution in [2.75, 3.05) is 44.9 Å². The highest BCUT2D eigenvalue weighted by Gasteiger charge is 2.16. The largest absolute Gasteiger partial charge is 0.385 e. The van der Waals surface area contributed by atoms with Crippen LogP contribution in [-0.4, -0.2) is 74.2 Å². The molecule has 0 aromatic rings. The Labute approximate surface area is 132 Å². The molecule has 0 radical (unpaired) electrons. The maximum Gasteiger partial charge on any atom is 0.115 e. The number of aliphatic hydroxyl groups is 1. The molecule has 0 aromatic heterocycles. The second-order valence-electron chi connectivity index (χ2n) is 4.13. The number of thiol groups is 2. The van der Waals surface area contributed by atoms with E-state index in [0.29, 0.717) is 44.2 Å². The maximum absolute atomic E-state index is 9.97. The molecule has 0 amide bonds. The number of nitrogens with zero attached hydrogens (tertiary/aromatic N) is 2. The standard InChI is InChI=1S/C13H26N2O3S2/c1-3-13(12(16)8-14-4-6-19)18-10-11(9-17-2)15-5-7-20/h8,12-13,16,19-20H,3-7,9-10H2,1-2H3/b14-8-,15-11-. The Morgan fingerprint density at radius 3 is 2.50 bits per heavy atom. The number of aliphatic hydroxyl groups excluding tert-OH is 1. The molecule has 0 fully saturated rings. The Balaban J connectivity index is 4.32. The van der Waals surface area contributed by atoms with Crippen molar-refractivity contribution in [2.45, 2.75) is 25.6 Å². The lowest BCUT2D eigenvalue weighted by Crippen LogP contribution is -2.32. The summed E-state index contributed by atoms with van der Waals surface area (Å²) < 4.78 is 10.8. The SMILES string of the molecule is CCC(OC/C(COC)=N\CCS)C(O)/C=N\CCS. The summed E-state index contributed by atoms with van der Waals surface area (Å²) in [6, 6.07) is 0. The number of hydrogen-bond acceptors (Lipinski definition) is 7. The highest BCUT2D eigenvalue weighted by Crippen LogP contribution is 2.04. The zero-order valence-corrected chi connectivity index (χ0v) is 14.0. The molecule has 0 saturated heterocycles. The van der Waals surface area contributed by atoms with Crippen molar-refractivity contribution < 1.29 is 14.6 Å². The quantitative estimate of drug-likeness (QED) is 0.373. The summed E-state index contributed by atoms with van der Waals surface area (Å²) in [5.74, 6) is 1.35. The lowest BCUT2D eigenvalue weighted by molar-refractivity contribution is 0.00679. The molecule has 2 unspecified atom stereocenters. The molecule has 0 aromatic carbocycles. The van der Waals surface area contributed by atoms with Gasteiger partial charge in [0.2, 0.25) is 0 Å². The first-order chi connectivity index (χ1) is 9.69. The minimum atomic E-state index is -0.714. The van der Waals surface area contributed by atoms with E-state index in [9.17, 15) is 5.11 Å². The lowest BCUT2D eigenvalue weighted by atomic mass is 10.1. The average Bonchev–Trinajstić information content (AvgIpc) is 2.45. The maximum atomic E-state index is 9.97. The highest BCUT2D eigenvalue weighted by molar-refractivity contribution is 7.80. The van der Waals surface area contributed by atoms with Crippen LogP contribution in [-0.2, 0) is 9.47 Å². The summed E-state index contributed by atoms with van der Waals surface area (Å²) in [5, 5.41) is 9.97. The van der Waals surface area contributed by atoms with Gasteiger partial charge in [-0.1, -0.05) is 6.92 Å². The third-order valence-corrected chi connectivity index (χ3v) is 2.88. The summed E-state index contributed by atoms with van der Waals surface area (Å²) in [5.41, 5.74) is 0.819. The number of rotatable bonds is 12. The van der Waals surface area contributed by atoms with Crippen LogP contribution in [0.4, 0.5) is 0 Å². The predicted octanol–water partition coefficient (Wildman–Crippen LogP) is 1.16. The molecule has 0 aliphatic rings. The van der Waals surface area contributed by atoms with Crippen LogP contribution in [0.1, 0.15) is 13.3 Å². The monoisotopic (exact) mass is 322 g/mol. The van der Waals surface area contributed by atoms with Gasteiger partial charge in [-0.2, -0.15) is 25.3 Å². The van der Waals surface area contributed by atoms with Gasteiger partial charge in [-0.3, -0.25) is 9.98 Å². The van der Waals surface area contributed by atoms with Crippen LogP contribution in [0.2, 0.25) is 0 Å². The van der Waals surface area contributed by atoms with Gasteiger partial charge in [-0.05, 0) is 6.42 Å². The van der Waals surface area contributed by atoms with E-state index in [1.807, 2.05) is 6.92 Å². The van der Waals surface area contributed by atoms with Crippen LogP contribution in [0.15, 0.2) is 9.98 Å². The molecule has 5 nitrogen and oxygen atoms in total. The zero-order chi connectivity index (χ0) is 15.2. The molecule has 0 bridgehead atoms. The fourth-order valence-corrected chi connectivity index (χ4v) is 1.72. The summed E-state index contributed by atoms with van der Waals surface area (Å²) in [6.45, 7) is 3.95. The summed E-state index contributed by atoms with van der Waals surface area (Å²) >= 11 is 8.18. The fourth-order valence-electron chi connectivity index (χ4n) is 1.51. The van der Waals surface area contributed by atoms with E-state index in [1.54, 1.807) is 7.11 Å². The molecule has 0 spiro atoms. The van der Waals surface area contributed by atoms with Gasteiger partial charge in [0.05, 0.1) is 25.0 Å². The Morgan fingerprint density at radius 2 is 1.95 bits per heavy atom. The Morgan fingerprint density at radius 1 is 1.25 bits per heavy atom. The molecule has 0 heterocycles. The van der Waals surface area contributed by atoms with Crippen molar-refractivity contribution in [1.82, 2.24) is 0 Å². The van der Waals surface area contributed by atoms with Crippen LogP contribution in [0.3, 0.4) is 0 Å². The van der Waals surface area contributed by atoms with Gasteiger partial charge in [0, 0.05) is 37.9 Å². The van der Waals surface area contributed by atoms with E-state index in [0.717, 1.165) is 5.71 Å². The summed E-state index contributed by atoms with van der Waals surface area (Å²) in [7, 11) is 1.62. The van der Waals surface area contributed by atoms with Crippen LogP contribution < -0.4 is 0 Å². The van der Waals surface area contributed by atoms with Gasteiger partial charge >= 0.3 is 0 Å². The molecule has 20 heavy (non-hydrogen) atoms. The third-order valence-electron chi connectivity index (χ3n) is 2.48. The number of hydrogen-bond donors (Lipinski definition) is 3. The van der Waals surface area contributed by atoms with Crippen LogP contribution in [0, 0.1) is 0 Å².